The van der Waals surface area contributed by atoms with E-state index in [1.54, 1.807) is 12.1 Å². The first kappa shape index (κ1) is 23.2. The Morgan fingerprint density at radius 1 is 0.906 bits per heavy atom. The summed E-state index contributed by atoms with van der Waals surface area (Å²) in [5.41, 5.74) is 2.79. The molecule has 4 atom stereocenters. The molecule has 0 spiro atoms. The number of allylic oxidation sites excluding steroid dienone is 2. The van der Waals surface area contributed by atoms with Crippen LogP contribution < -0.4 is 0 Å². The van der Waals surface area contributed by atoms with Gasteiger partial charge < -0.3 is 0 Å². The number of halogens is 2. The summed E-state index contributed by atoms with van der Waals surface area (Å²) in [5, 5.41) is 0. The Bertz CT molecular complexity index is 888. The molecule has 0 bridgehead atoms. The number of rotatable bonds is 7. The minimum absolute atomic E-state index is 0.113. The number of hydrogen-bond donors (Lipinski definition) is 0. The summed E-state index contributed by atoms with van der Waals surface area (Å²) < 4.78 is 30.2. The van der Waals surface area contributed by atoms with Crippen molar-refractivity contribution in [1.82, 2.24) is 0 Å². The van der Waals surface area contributed by atoms with Crippen LogP contribution in [0.3, 0.4) is 0 Å². The second-order valence-corrected chi connectivity index (χ2v) is 10.2. The van der Waals surface area contributed by atoms with Crippen molar-refractivity contribution < 1.29 is 8.78 Å². The van der Waals surface area contributed by atoms with Gasteiger partial charge in [-0.25, -0.2) is 8.78 Å². The molecule has 2 aromatic rings. The third-order valence-corrected chi connectivity index (χ3v) is 8.03. The zero-order valence-electron chi connectivity index (χ0n) is 19.8. The molecular formula is C30H38F2. The van der Waals surface area contributed by atoms with Gasteiger partial charge in [0.25, 0.3) is 0 Å². The Balaban J connectivity index is 1.45. The molecule has 2 saturated carbocycles. The monoisotopic (exact) mass is 436 g/mol. The molecule has 4 rings (SSSR count). The fourth-order valence-corrected chi connectivity index (χ4v) is 6.32. The SMILES string of the molecule is C/C=C/CCc1ccc(-c2c(F)cc(C3CCC4CC(CCC)CCC4C3)cc2F)cc1. The van der Waals surface area contributed by atoms with Crippen LogP contribution in [0, 0.1) is 29.4 Å². The Morgan fingerprint density at radius 3 is 2.28 bits per heavy atom. The van der Waals surface area contributed by atoms with E-state index in [1.165, 1.54) is 44.1 Å². The lowest BCUT2D eigenvalue weighted by Crippen LogP contribution is -2.30. The van der Waals surface area contributed by atoms with Gasteiger partial charge in [0.05, 0.1) is 5.56 Å². The minimum Gasteiger partial charge on any atom is -0.206 e. The summed E-state index contributed by atoms with van der Waals surface area (Å²) in [6.45, 7) is 4.30. The van der Waals surface area contributed by atoms with Gasteiger partial charge >= 0.3 is 0 Å². The van der Waals surface area contributed by atoms with Crippen LogP contribution in [0.5, 0.6) is 0 Å². The van der Waals surface area contributed by atoms with E-state index >= 15 is 8.78 Å². The van der Waals surface area contributed by atoms with Crippen molar-refractivity contribution in [2.75, 3.05) is 0 Å². The predicted molar refractivity (Wildman–Crippen MR) is 131 cm³/mol. The van der Waals surface area contributed by atoms with Gasteiger partial charge in [-0.3, -0.25) is 0 Å². The summed E-state index contributed by atoms with van der Waals surface area (Å²) >= 11 is 0. The topological polar surface area (TPSA) is 0 Å². The molecule has 172 valence electrons. The average Bonchev–Trinajstić information content (AvgIpc) is 2.79. The molecular weight excluding hydrogens is 398 g/mol. The van der Waals surface area contributed by atoms with E-state index in [0.717, 1.165) is 49.0 Å². The van der Waals surface area contributed by atoms with Crippen LogP contribution in [-0.2, 0) is 6.42 Å². The van der Waals surface area contributed by atoms with Crippen LogP contribution in [0.15, 0.2) is 48.6 Å². The van der Waals surface area contributed by atoms with Crippen molar-refractivity contribution >= 4 is 0 Å². The van der Waals surface area contributed by atoms with Crippen LogP contribution in [0.25, 0.3) is 11.1 Å². The fraction of sp³-hybridized carbons (Fsp3) is 0.533. The van der Waals surface area contributed by atoms with Crippen molar-refractivity contribution in [1.29, 1.82) is 0 Å². The van der Waals surface area contributed by atoms with Gasteiger partial charge in [-0.05, 0) is 104 Å². The maximum absolute atomic E-state index is 15.1. The van der Waals surface area contributed by atoms with Gasteiger partial charge in [-0.1, -0.05) is 62.6 Å². The zero-order valence-corrected chi connectivity index (χ0v) is 19.8. The fourth-order valence-electron chi connectivity index (χ4n) is 6.32. The number of hydrogen-bond acceptors (Lipinski definition) is 0. The lowest BCUT2D eigenvalue weighted by Gasteiger charge is -2.42. The second kappa shape index (κ2) is 10.8. The van der Waals surface area contributed by atoms with Gasteiger partial charge in [0.1, 0.15) is 11.6 Å². The van der Waals surface area contributed by atoms with Crippen molar-refractivity contribution in [2.24, 2.45) is 17.8 Å². The van der Waals surface area contributed by atoms with Gasteiger partial charge in [0.15, 0.2) is 0 Å². The first-order chi connectivity index (χ1) is 15.6. The molecule has 2 heteroatoms. The van der Waals surface area contributed by atoms with Crippen molar-refractivity contribution in [3.63, 3.8) is 0 Å². The van der Waals surface area contributed by atoms with E-state index in [2.05, 4.69) is 13.0 Å². The average molecular weight is 437 g/mol. The lowest BCUT2D eigenvalue weighted by molar-refractivity contribution is 0.114. The Morgan fingerprint density at radius 2 is 1.59 bits per heavy atom. The van der Waals surface area contributed by atoms with E-state index < -0.39 is 11.6 Å². The molecule has 0 heterocycles. The molecule has 2 aliphatic rings. The highest BCUT2D eigenvalue weighted by Gasteiger charge is 2.36. The molecule has 0 N–H and O–H groups in total. The van der Waals surface area contributed by atoms with E-state index in [0.29, 0.717) is 11.5 Å². The van der Waals surface area contributed by atoms with E-state index in [9.17, 15) is 0 Å². The summed E-state index contributed by atoms with van der Waals surface area (Å²) in [6, 6.07) is 10.9. The van der Waals surface area contributed by atoms with Crippen LogP contribution >= 0.6 is 0 Å². The highest BCUT2D eigenvalue weighted by atomic mass is 19.1. The Hall–Kier alpha value is -1.96. The quantitative estimate of drug-likeness (QED) is 0.379. The molecule has 4 unspecified atom stereocenters. The normalized spacial score (nSPS) is 25.8. The van der Waals surface area contributed by atoms with Crippen molar-refractivity contribution in [2.45, 2.75) is 84.0 Å². The van der Waals surface area contributed by atoms with E-state index in [1.807, 2.05) is 37.3 Å². The largest absolute Gasteiger partial charge is 0.206 e. The number of benzene rings is 2. The summed E-state index contributed by atoms with van der Waals surface area (Å²) in [7, 11) is 0. The first-order valence-corrected chi connectivity index (χ1v) is 12.8. The van der Waals surface area contributed by atoms with E-state index in [-0.39, 0.29) is 5.56 Å². The lowest BCUT2D eigenvalue weighted by atomic mass is 9.63. The third-order valence-electron chi connectivity index (χ3n) is 8.03. The summed E-state index contributed by atoms with van der Waals surface area (Å²) in [6.07, 6.45) is 16.2. The van der Waals surface area contributed by atoms with Gasteiger partial charge in [-0.2, -0.15) is 0 Å². The summed E-state index contributed by atoms with van der Waals surface area (Å²) in [5.74, 6) is 1.93. The molecule has 2 aliphatic carbocycles. The van der Waals surface area contributed by atoms with Gasteiger partial charge in [0.2, 0.25) is 0 Å². The van der Waals surface area contributed by atoms with Crippen LogP contribution in [0.1, 0.15) is 88.7 Å². The highest BCUT2D eigenvalue weighted by molar-refractivity contribution is 5.65. The molecule has 2 aromatic carbocycles. The van der Waals surface area contributed by atoms with E-state index in [4.69, 9.17) is 0 Å². The molecule has 0 aliphatic heterocycles. The van der Waals surface area contributed by atoms with Crippen LogP contribution in [0.2, 0.25) is 0 Å². The van der Waals surface area contributed by atoms with Gasteiger partial charge in [0, 0.05) is 0 Å². The maximum Gasteiger partial charge on any atom is 0.134 e. The number of aryl methyl sites for hydroxylation is 1. The van der Waals surface area contributed by atoms with Crippen molar-refractivity contribution in [3.8, 4) is 11.1 Å². The van der Waals surface area contributed by atoms with Gasteiger partial charge in [-0.15, -0.1) is 0 Å². The highest BCUT2D eigenvalue weighted by Crippen LogP contribution is 2.48. The molecule has 2 fully saturated rings. The Labute approximate surface area is 193 Å². The maximum atomic E-state index is 15.1. The van der Waals surface area contributed by atoms with Crippen molar-refractivity contribution in [3.05, 3.63) is 71.3 Å². The Kier molecular flexibility index (Phi) is 7.81. The molecule has 0 nitrogen and oxygen atoms in total. The molecule has 0 aromatic heterocycles. The predicted octanol–water partition coefficient (Wildman–Crippen LogP) is 9.24. The number of fused-ring (bicyclic) bond motifs is 1. The van der Waals surface area contributed by atoms with Crippen LogP contribution in [-0.4, -0.2) is 0 Å². The van der Waals surface area contributed by atoms with Crippen LogP contribution in [0.4, 0.5) is 8.78 Å². The minimum atomic E-state index is -0.421. The second-order valence-electron chi connectivity index (χ2n) is 10.2. The zero-order chi connectivity index (χ0) is 22.5. The molecule has 0 radical (unpaired) electrons. The summed E-state index contributed by atoms with van der Waals surface area (Å²) in [4.78, 5) is 0. The first-order valence-electron chi connectivity index (χ1n) is 12.8. The molecule has 0 amide bonds. The smallest absolute Gasteiger partial charge is 0.134 e. The molecule has 32 heavy (non-hydrogen) atoms. The molecule has 0 saturated heterocycles. The standard InChI is InChI=1S/C30H38F2/c1-3-5-6-8-21-9-12-23(13-10-21)30-28(31)19-27(20-29(30)32)26-16-15-24-17-22(7-4-2)11-14-25(24)18-26/h3,5,9-10,12-13,19-20,22,24-26H,4,6-8,11,14-18H2,1-2H3/b5-3+. The third kappa shape index (κ3) is 5.33.